The molecule has 42 heavy (non-hydrogen) atoms. The van der Waals surface area contributed by atoms with Crippen LogP contribution in [-0.2, 0) is 5.79 Å². The van der Waals surface area contributed by atoms with Crippen LogP contribution < -0.4 is 9.47 Å². The summed E-state index contributed by atoms with van der Waals surface area (Å²) in [4.78, 5) is 0. The maximum Gasteiger partial charge on any atom is 0.285 e. The molecule has 8 heteroatoms. The number of hydrogen-bond acceptors (Lipinski definition) is 8. The predicted octanol–water partition coefficient (Wildman–Crippen LogP) is 6.56. The summed E-state index contributed by atoms with van der Waals surface area (Å²) in [6, 6.07) is 16.9. The molecule has 4 atom stereocenters. The highest BCUT2D eigenvalue weighted by molar-refractivity contribution is 5.75. The van der Waals surface area contributed by atoms with Crippen molar-refractivity contribution in [1.29, 1.82) is 0 Å². The third-order valence-corrected chi connectivity index (χ3v) is 8.49. The highest BCUT2D eigenvalue weighted by atomic mass is 16.7. The molecule has 212 valence electrons. The quantitative estimate of drug-likeness (QED) is 0.121. The number of hydrogen-bond donors (Lipinski definition) is 6. The fourth-order valence-electron chi connectivity index (χ4n) is 6.78. The summed E-state index contributed by atoms with van der Waals surface area (Å²) >= 11 is 0. The molecule has 4 aromatic carbocycles. The lowest BCUT2D eigenvalue weighted by Gasteiger charge is -2.55. The van der Waals surface area contributed by atoms with E-state index in [9.17, 15) is 30.6 Å². The number of allylic oxidation sites excluding steroid dienone is 2. The molecule has 0 spiro atoms. The van der Waals surface area contributed by atoms with Gasteiger partial charge in [0.05, 0.1) is 11.5 Å². The standard InChI is InChI=1S/C34H28O8/c1-17-10-24-23-8-6-22(37)16-30(23)41-34(26-9-7-21(36)15-28(26)39)33(24)25(11-17)32-29(40)12-18(13-31(32)42-34)2-3-19-4-5-20(35)14-27(19)38/h2-9,11-16,24-25,33,35-40H,10H2,1H3/b3-2+/t24-,25-,33-,34-/m1/s1. The zero-order valence-electron chi connectivity index (χ0n) is 22.5. The van der Waals surface area contributed by atoms with Crippen LogP contribution in [0.15, 0.2) is 78.4 Å². The molecule has 0 radical (unpaired) electrons. The van der Waals surface area contributed by atoms with Crippen LogP contribution in [0.25, 0.3) is 12.2 Å². The average Bonchev–Trinajstić information content (AvgIpc) is 2.91. The first-order valence-electron chi connectivity index (χ1n) is 13.6. The molecule has 6 N–H and O–H groups in total. The second-order valence-corrected chi connectivity index (χ2v) is 11.2. The largest absolute Gasteiger partial charge is 0.508 e. The molecular weight excluding hydrogens is 536 g/mol. The van der Waals surface area contributed by atoms with E-state index in [1.165, 1.54) is 30.3 Å². The minimum atomic E-state index is -1.57. The Balaban J connectivity index is 1.44. The number of phenolic OH excluding ortho intramolecular Hbond substituents is 6. The molecule has 0 unspecified atom stereocenters. The monoisotopic (exact) mass is 564 g/mol. The lowest BCUT2D eigenvalue weighted by molar-refractivity contribution is -0.198. The van der Waals surface area contributed by atoms with Crippen molar-refractivity contribution in [3.8, 4) is 46.0 Å². The van der Waals surface area contributed by atoms with Gasteiger partial charge in [-0.25, -0.2) is 0 Å². The second kappa shape index (κ2) is 9.14. The maximum absolute atomic E-state index is 11.4. The lowest BCUT2D eigenvalue weighted by atomic mass is 9.61. The van der Waals surface area contributed by atoms with Crippen LogP contribution in [0.4, 0.5) is 0 Å². The Labute approximate surface area is 241 Å². The van der Waals surface area contributed by atoms with Crippen molar-refractivity contribution >= 4 is 12.2 Å². The first-order chi connectivity index (χ1) is 20.1. The lowest BCUT2D eigenvalue weighted by Crippen LogP contribution is -2.56. The van der Waals surface area contributed by atoms with E-state index in [2.05, 4.69) is 6.08 Å². The smallest absolute Gasteiger partial charge is 0.285 e. The Hall–Kier alpha value is -5.24. The Kier molecular flexibility index (Phi) is 5.59. The predicted molar refractivity (Wildman–Crippen MR) is 155 cm³/mol. The number of fused-ring (bicyclic) bond motifs is 4. The van der Waals surface area contributed by atoms with Crippen molar-refractivity contribution < 1.29 is 40.1 Å². The van der Waals surface area contributed by atoms with Gasteiger partial charge >= 0.3 is 0 Å². The van der Waals surface area contributed by atoms with Gasteiger partial charge in [0.1, 0.15) is 46.0 Å². The van der Waals surface area contributed by atoms with Crippen LogP contribution in [0.3, 0.4) is 0 Å². The van der Waals surface area contributed by atoms with Gasteiger partial charge in [-0.2, -0.15) is 0 Å². The maximum atomic E-state index is 11.4. The molecule has 1 aliphatic carbocycles. The first-order valence-corrected chi connectivity index (χ1v) is 13.6. The highest BCUT2D eigenvalue weighted by Gasteiger charge is 2.61. The van der Waals surface area contributed by atoms with Crippen molar-refractivity contribution in [2.75, 3.05) is 0 Å². The summed E-state index contributed by atoms with van der Waals surface area (Å²) in [6.07, 6.45) is 6.14. The van der Waals surface area contributed by atoms with Gasteiger partial charge in [-0.3, -0.25) is 0 Å². The van der Waals surface area contributed by atoms with Crippen LogP contribution in [-0.4, -0.2) is 30.6 Å². The second-order valence-electron chi connectivity index (χ2n) is 11.2. The van der Waals surface area contributed by atoms with Gasteiger partial charge in [-0.05, 0) is 66.9 Å². The van der Waals surface area contributed by atoms with Gasteiger partial charge in [0, 0.05) is 41.2 Å². The van der Waals surface area contributed by atoms with Gasteiger partial charge in [0.25, 0.3) is 5.79 Å². The Morgan fingerprint density at radius 3 is 2.17 bits per heavy atom. The molecule has 2 heterocycles. The molecule has 0 bridgehead atoms. The molecule has 8 nitrogen and oxygen atoms in total. The molecule has 0 saturated heterocycles. The molecular formula is C34H28O8. The fourth-order valence-corrected chi connectivity index (χ4v) is 6.78. The third-order valence-electron chi connectivity index (χ3n) is 8.49. The van der Waals surface area contributed by atoms with E-state index in [1.807, 2.05) is 13.0 Å². The minimum Gasteiger partial charge on any atom is -0.508 e. The normalized spacial score (nSPS) is 23.6. The molecule has 0 saturated carbocycles. The minimum absolute atomic E-state index is 0.0238. The summed E-state index contributed by atoms with van der Waals surface area (Å²) in [5, 5.41) is 62.8. The van der Waals surface area contributed by atoms with E-state index in [-0.39, 0.29) is 46.3 Å². The molecule has 0 amide bonds. The van der Waals surface area contributed by atoms with E-state index in [0.717, 1.165) is 11.1 Å². The fraction of sp³-hybridized carbons (Fsp3) is 0.176. The Morgan fingerprint density at radius 1 is 0.714 bits per heavy atom. The van der Waals surface area contributed by atoms with E-state index in [0.29, 0.717) is 40.2 Å². The van der Waals surface area contributed by atoms with E-state index in [1.54, 1.807) is 42.5 Å². The van der Waals surface area contributed by atoms with Gasteiger partial charge in [-0.1, -0.05) is 29.9 Å². The van der Waals surface area contributed by atoms with E-state index in [4.69, 9.17) is 9.47 Å². The average molecular weight is 565 g/mol. The number of aromatic hydroxyl groups is 6. The van der Waals surface area contributed by atoms with Crippen LogP contribution in [0.5, 0.6) is 46.0 Å². The van der Waals surface area contributed by atoms with Gasteiger partial charge < -0.3 is 40.1 Å². The highest BCUT2D eigenvalue weighted by Crippen LogP contribution is 2.65. The van der Waals surface area contributed by atoms with Crippen LogP contribution in [0, 0.1) is 5.92 Å². The van der Waals surface area contributed by atoms with Crippen LogP contribution in [0.1, 0.15) is 53.0 Å². The molecule has 7 rings (SSSR count). The van der Waals surface area contributed by atoms with Crippen LogP contribution in [0.2, 0.25) is 0 Å². The summed E-state index contributed by atoms with van der Waals surface area (Å²) in [5.41, 5.74) is 3.95. The number of phenols is 6. The zero-order chi connectivity index (χ0) is 29.3. The summed E-state index contributed by atoms with van der Waals surface area (Å²) in [6.45, 7) is 2.04. The Bertz CT molecular complexity index is 1820. The van der Waals surface area contributed by atoms with E-state index >= 15 is 0 Å². The van der Waals surface area contributed by atoms with Gasteiger partial charge in [0.15, 0.2) is 0 Å². The third kappa shape index (κ3) is 3.90. The number of rotatable bonds is 3. The van der Waals surface area contributed by atoms with Crippen LogP contribution >= 0.6 is 0 Å². The summed E-state index contributed by atoms with van der Waals surface area (Å²) < 4.78 is 13.4. The van der Waals surface area contributed by atoms with Crippen molar-refractivity contribution in [3.05, 3.63) is 106 Å². The molecule has 4 aromatic rings. The van der Waals surface area contributed by atoms with E-state index < -0.39 is 11.7 Å². The van der Waals surface area contributed by atoms with Crippen molar-refractivity contribution in [3.63, 3.8) is 0 Å². The molecule has 0 aromatic heterocycles. The van der Waals surface area contributed by atoms with Gasteiger partial charge in [-0.15, -0.1) is 0 Å². The molecule has 3 aliphatic rings. The topological polar surface area (TPSA) is 140 Å². The zero-order valence-corrected chi connectivity index (χ0v) is 22.5. The van der Waals surface area contributed by atoms with Gasteiger partial charge in [0.2, 0.25) is 0 Å². The molecule has 2 aliphatic heterocycles. The van der Waals surface area contributed by atoms with Crippen molar-refractivity contribution in [1.82, 2.24) is 0 Å². The molecule has 0 fully saturated rings. The number of benzene rings is 4. The summed E-state index contributed by atoms with van der Waals surface area (Å²) in [7, 11) is 0. The van der Waals surface area contributed by atoms with Crippen molar-refractivity contribution in [2.24, 2.45) is 5.92 Å². The number of ether oxygens (including phenoxy) is 2. The first kappa shape index (κ1) is 25.7. The SMILES string of the molecule is CC1=C[C@@H]2c3c(O)cc(/C=C/c4ccc(O)cc4O)cc3O[C@@]3(c4ccc(O)cc4O)Oc4cc(O)ccc4[C@@H](C1)[C@H]23. The summed E-state index contributed by atoms with van der Waals surface area (Å²) in [5.74, 6) is -2.16. The van der Waals surface area contributed by atoms with Crippen molar-refractivity contribution in [2.45, 2.75) is 31.0 Å². The Morgan fingerprint density at radius 2 is 1.40 bits per heavy atom.